The zero-order valence-electron chi connectivity index (χ0n) is 11.4. The lowest BCUT2D eigenvalue weighted by Crippen LogP contribution is -1.98. The van der Waals surface area contributed by atoms with Gasteiger partial charge in [0.2, 0.25) is 0 Å². The Hall–Kier alpha value is -1.15. The number of rotatable bonds is 5. The topological polar surface area (TPSA) is 12.9 Å². The van der Waals surface area contributed by atoms with E-state index in [0.717, 1.165) is 11.9 Å². The van der Waals surface area contributed by atoms with Gasteiger partial charge < -0.3 is 0 Å². The highest BCUT2D eigenvalue weighted by molar-refractivity contribution is 7.18. The van der Waals surface area contributed by atoms with E-state index in [0.29, 0.717) is 5.92 Å². The summed E-state index contributed by atoms with van der Waals surface area (Å²) in [7, 11) is 0. The largest absolute Gasteiger partial charge is 0.241 e. The quantitative estimate of drug-likeness (QED) is 0.671. The summed E-state index contributed by atoms with van der Waals surface area (Å²) in [5.74, 6) is 0.709. The molecule has 2 rings (SSSR count). The fraction of sp³-hybridized carbons (Fsp3) is 0.438. The normalized spacial score (nSPS) is 12.6. The maximum atomic E-state index is 4.70. The van der Waals surface area contributed by atoms with E-state index in [4.69, 9.17) is 4.98 Å². The van der Waals surface area contributed by atoms with Gasteiger partial charge in [-0.25, -0.2) is 4.98 Å². The SMILES string of the molecule is CC(C)=CCCC(C)Cc1nc2ccccc2s1. The first-order chi connectivity index (χ1) is 8.65. The first kappa shape index (κ1) is 13.3. The van der Waals surface area contributed by atoms with Crippen LogP contribution in [0.5, 0.6) is 0 Å². The van der Waals surface area contributed by atoms with Crippen molar-refractivity contribution in [3.8, 4) is 0 Å². The van der Waals surface area contributed by atoms with E-state index in [-0.39, 0.29) is 0 Å². The van der Waals surface area contributed by atoms with Crippen LogP contribution < -0.4 is 0 Å². The average molecular weight is 259 g/mol. The van der Waals surface area contributed by atoms with E-state index in [1.807, 2.05) is 11.3 Å². The van der Waals surface area contributed by atoms with E-state index < -0.39 is 0 Å². The van der Waals surface area contributed by atoms with Crippen molar-refractivity contribution in [1.82, 2.24) is 4.98 Å². The number of fused-ring (bicyclic) bond motifs is 1. The van der Waals surface area contributed by atoms with Gasteiger partial charge in [0, 0.05) is 6.42 Å². The summed E-state index contributed by atoms with van der Waals surface area (Å²) in [5.41, 5.74) is 2.57. The molecule has 1 atom stereocenters. The average Bonchev–Trinajstić information content (AvgIpc) is 2.70. The standard InChI is InChI=1S/C16H21NS/c1-12(2)7-6-8-13(3)11-16-17-14-9-4-5-10-15(14)18-16/h4-5,7,9-10,13H,6,8,11H2,1-3H3. The maximum absolute atomic E-state index is 4.70. The van der Waals surface area contributed by atoms with Crippen LogP contribution in [0.2, 0.25) is 0 Å². The molecule has 0 radical (unpaired) electrons. The Labute approximate surface area is 114 Å². The van der Waals surface area contributed by atoms with Gasteiger partial charge in [-0.05, 0) is 44.7 Å². The van der Waals surface area contributed by atoms with Crippen LogP contribution in [0.25, 0.3) is 10.2 Å². The molecular weight excluding hydrogens is 238 g/mol. The van der Waals surface area contributed by atoms with Crippen LogP contribution in [0, 0.1) is 5.92 Å². The van der Waals surface area contributed by atoms with E-state index in [9.17, 15) is 0 Å². The fourth-order valence-corrected chi connectivity index (χ4v) is 3.19. The minimum Gasteiger partial charge on any atom is -0.241 e. The number of thiazole rings is 1. The lowest BCUT2D eigenvalue weighted by molar-refractivity contribution is 0.534. The van der Waals surface area contributed by atoms with Gasteiger partial charge in [0.05, 0.1) is 15.2 Å². The van der Waals surface area contributed by atoms with Crippen LogP contribution in [-0.2, 0) is 6.42 Å². The number of hydrogen-bond donors (Lipinski definition) is 0. The van der Waals surface area contributed by atoms with Crippen LogP contribution in [-0.4, -0.2) is 4.98 Å². The molecule has 18 heavy (non-hydrogen) atoms. The van der Waals surface area contributed by atoms with Crippen LogP contribution >= 0.6 is 11.3 Å². The summed E-state index contributed by atoms with van der Waals surface area (Å²) in [4.78, 5) is 4.70. The molecule has 2 aromatic rings. The van der Waals surface area contributed by atoms with Gasteiger partial charge >= 0.3 is 0 Å². The smallest absolute Gasteiger partial charge is 0.0941 e. The lowest BCUT2D eigenvalue weighted by Gasteiger charge is -2.07. The van der Waals surface area contributed by atoms with Crippen molar-refractivity contribution in [2.75, 3.05) is 0 Å². The molecule has 96 valence electrons. The van der Waals surface area contributed by atoms with Gasteiger partial charge in [-0.3, -0.25) is 0 Å². The molecule has 1 aromatic heterocycles. The van der Waals surface area contributed by atoms with Crippen molar-refractivity contribution in [2.24, 2.45) is 5.92 Å². The number of para-hydroxylation sites is 1. The Kier molecular flexibility index (Phi) is 4.54. The van der Waals surface area contributed by atoms with E-state index in [1.54, 1.807) is 0 Å². The highest BCUT2D eigenvalue weighted by Gasteiger charge is 2.07. The first-order valence-corrected chi connectivity index (χ1v) is 7.44. The minimum atomic E-state index is 0.709. The van der Waals surface area contributed by atoms with Gasteiger partial charge in [0.1, 0.15) is 0 Å². The zero-order valence-corrected chi connectivity index (χ0v) is 12.3. The fourth-order valence-electron chi connectivity index (χ4n) is 2.06. The predicted octanol–water partition coefficient (Wildman–Crippen LogP) is 5.22. The Morgan fingerprint density at radius 1 is 1.33 bits per heavy atom. The number of nitrogens with zero attached hydrogens (tertiary/aromatic N) is 1. The van der Waals surface area contributed by atoms with Gasteiger partial charge in [-0.1, -0.05) is 30.7 Å². The number of hydrogen-bond acceptors (Lipinski definition) is 2. The van der Waals surface area contributed by atoms with Crippen LogP contribution in [0.1, 0.15) is 38.6 Å². The van der Waals surface area contributed by atoms with Gasteiger partial charge in [-0.2, -0.15) is 0 Å². The Balaban J connectivity index is 1.94. The molecule has 1 heterocycles. The van der Waals surface area contributed by atoms with Crippen molar-refractivity contribution in [3.05, 3.63) is 40.9 Å². The van der Waals surface area contributed by atoms with Gasteiger partial charge in [0.25, 0.3) is 0 Å². The summed E-state index contributed by atoms with van der Waals surface area (Å²) in [5, 5.41) is 1.28. The lowest BCUT2D eigenvalue weighted by atomic mass is 10.0. The first-order valence-electron chi connectivity index (χ1n) is 6.63. The van der Waals surface area contributed by atoms with E-state index in [1.165, 1.54) is 28.1 Å². The molecule has 1 nitrogen and oxygen atoms in total. The highest BCUT2D eigenvalue weighted by Crippen LogP contribution is 2.24. The molecule has 1 aromatic carbocycles. The third-order valence-electron chi connectivity index (χ3n) is 3.07. The minimum absolute atomic E-state index is 0.709. The molecule has 0 aliphatic heterocycles. The molecule has 0 bridgehead atoms. The molecule has 0 fully saturated rings. The summed E-state index contributed by atoms with van der Waals surface area (Å²) in [6, 6.07) is 8.40. The Morgan fingerprint density at radius 3 is 2.83 bits per heavy atom. The van der Waals surface area contributed by atoms with Gasteiger partial charge in [0.15, 0.2) is 0 Å². The zero-order chi connectivity index (χ0) is 13.0. The molecule has 0 aliphatic carbocycles. The third kappa shape index (κ3) is 3.67. The van der Waals surface area contributed by atoms with Gasteiger partial charge in [-0.15, -0.1) is 11.3 Å². The molecule has 0 saturated heterocycles. The van der Waals surface area contributed by atoms with Crippen LogP contribution in [0.3, 0.4) is 0 Å². The molecule has 0 amide bonds. The Bertz CT molecular complexity index is 502. The number of benzene rings is 1. The molecule has 1 unspecified atom stereocenters. The maximum Gasteiger partial charge on any atom is 0.0941 e. The molecule has 0 saturated carbocycles. The van der Waals surface area contributed by atoms with Crippen molar-refractivity contribution in [1.29, 1.82) is 0 Å². The molecule has 2 heteroatoms. The predicted molar refractivity (Wildman–Crippen MR) is 81.2 cm³/mol. The van der Waals surface area contributed by atoms with Crippen molar-refractivity contribution < 1.29 is 0 Å². The van der Waals surface area contributed by atoms with Crippen LogP contribution in [0.4, 0.5) is 0 Å². The van der Waals surface area contributed by atoms with E-state index in [2.05, 4.69) is 51.1 Å². The van der Waals surface area contributed by atoms with Crippen LogP contribution in [0.15, 0.2) is 35.9 Å². The third-order valence-corrected chi connectivity index (χ3v) is 4.13. The second-order valence-corrected chi connectivity index (χ2v) is 6.36. The second kappa shape index (κ2) is 6.14. The molecule has 0 aliphatic rings. The number of aromatic nitrogens is 1. The van der Waals surface area contributed by atoms with Crippen molar-refractivity contribution >= 4 is 21.6 Å². The van der Waals surface area contributed by atoms with Crippen molar-refractivity contribution in [3.63, 3.8) is 0 Å². The molecular formula is C16H21NS. The molecule has 0 N–H and O–H groups in total. The Morgan fingerprint density at radius 2 is 2.11 bits per heavy atom. The van der Waals surface area contributed by atoms with Crippen molar-refractivity contribution in [2.45, 2.75) is 40.0 Å². The summed E-state index contributed by atoms with van der Waals surface area (Å²) >= 11 is 1.84. The number of allylic oxidation sites excluding steroid dienone is 2. The summed E-state index contributed by atoms with van der Waals surface area (Å²) in [6.45, 7) is 6.65. The molecule has 0 spiro atoms. The second-order valence-electron chi connectivity index (χ2n) is 5.24. The highest BCUT2D eigenvalue weighted by atomic mass is 32.1. The van der Waals surface area contributed by atoms with E-state index >= 15 is 0 Å². The summed E-state index contributed by atoms with van der Waals surface area (Å²) in [6.07, 6.45) is 5.88. The summed E-state index contributed by atoms with van der Waals surface area (Å²) < 4.78 is 1.31. The monoisotopic (exact) mass is 259 g/mol.